The number of nitrogens with one attached hydrogen (secondary N) is 1. The number of nitrogens with zero attached hydrogens (tertiary/aromatic N) is 2. The van der Waals surface area contributed by atoms with Crippen LogP contribution in [0.5, 0.6) is 0 Å². The third kappa shape index (κ3) is 4.64. The first kappa shape index (κ1) is 20.6. The van der Waals surface area contributed by atoms with Gasteiger partial charge in [-0.25, -0.2) is 4.98 Å². The van der Waals surface area contributed by atoms with Gasteiger partial charge in [-0.05, 0) is 55.3 Å². The molecule has 0 aliphatic rings. The van der Waals surface area contributed by atoms with Crippen LogP contribution in [0.1, 0.15) is 37.0 Å². The van der Waals surface area contributed by atoms with Gasteiger partial charge in [-0.2, -0.15) is 0 Å². The molecule has 2 heterocycles. The van der Waals surface area contributed by atoms with Gasteiger partial charge >= 0.3 is 0 Å². The van der Waals surface area contributed by atoms with Crippen molar-refractivity contribution >= 4 is 39.2 Å². The zero-order valence-corrected chi connectivity index (χ0v) is 18.2. The molecule has 0 spiro atoms. The van der Waals surface area contributed by atoms with Crippen LogP contribution in [0.25, 0.3) is 10.2 Å². The number of carbonyl (C=O) groups is 1. The zero-order valence-electron chi connectivity index (χ0n) is 16.6. The fraction of sp³-hybridized carbons (Fsp3) is 0.381. The van der Waals surface area contributed by atoms with Gasteiger partial charge in [-0.3, -0.25) is 14.2 Å². The highest BCUT2D eigenvalue weighted by molar-refractivity contribution is 7.99. The van der Waals surface area contributed by atoms with Gasteiger partial charge in [0, 0.05) is 6.04 Å². The predicted octanol–water partition coefficient (Wildman–Crippen LogP) is 4.13. The quantitative estimate of drug-likeness (QED) is 0.465. The third-order valence-electron chi connectivity index (χ3n) is 4.79. The van der Waals surface area contributed by atoms with E-state index in [2.05, 4.69) is 36.3 Å². The molecule has 0 unspecified atom stereocenters. The van der Waals surface area contributed by atoms with E-state index in [9.17, 15) is 9.59 Å². The summed E-state index contributed by atoms with van der Waals surface area (Å²) < 4.78 is 2.33. The Bertz CT molecular complexity index is 1060. The molecule has 1 aromatic carbocycles. The number of fused-ring (bicyclic) bond motifs is 1. The van der Waals surface area contributed by atoms with Gasteiger partial charge in [-0.1, -0.05) is 36.9 Å². The summed E-state index contributed by atoms with van der Waals surface area (Å²) in [6.07, 6.45) is 0.882. The van der Waals surface area contributed by atoms with Gasteiger partial charge in [0.2, 0.25) is 5.91 Å². The summed E-state index contributed by atoms with van der Waals surface area (Å²) in [5, 5.41) is 5.41. The van der Waals surface area contributed by atoms with E-state index in [-0.39, 0.29) is 23.3 Å². The predicted molar refractivity (Wildman–Crippen MR) is 118 cm³/mol. The topological polar surface area (TPSA) is 64.0 Å². The molecule has 0 saturated carbocycles. The number of thioether (sulfide) groups is 1. The lowest BCUT2D eigenvalue weighted by atomic mass is 10.1. The second kappa shape index (κ2) is 8.92. The summed E-state index contributed by atoms with van der Waals surface area (Å²) in [6, 6.07) is 8.20. The van der Waals surface area contributed by atoms with Crippen molar-refractivity contribution in [2.75, 3.05) is 5.75 Å². The molecule has 0 fully saturated rings. The highest BCUT2D eigenvalue weighted by Gasteiger charge is 2.15. The van der Waals surface area contributed by atoms with E-state index in [0.29, 0.717) is 21.9 Å². The fourth-order valence-corrected chi connectivity index (χ4v) is 4.39. The van der Waals surface area contributed by atoms with Crippen molar-refractivity contribution in [2.24, 2.45) is 0 Å². The van der Waals surface area contributed by atoms with Gasteiger partial charge in [0.15, 0.2) is 5.16 Å². The minimum absolute atomic E-state index is 0.0447. The maximum absolute atomic E-state index is 13.1. The molecule has 0 bridgehead atoms. The maximum Gasteiger partial charge on any atom is 0.272 e. The Morgan fingerprint density at radius 2 is 2.07 bits per heavy atom. The molecule has 0 aliphatic heterocycles. The average Bonchev–Trinajstić information content (AvgIpc) is 3.14. The van der Waals surface area contributed by atoms with Crippen molar-refractivity contribution in [1.82, 2.24) is 14.9 Å². The van der Waals surface area contributed by atoms with Gasteiger partial charge in [0.25, 0.3) is 5.56 Å². The molecule has 1 amide bonds. The van der Waals surface area contributed by atoms with Crippen LogP contribution in [0.15, 0.2) is 39.6 Å². The molecule has 3 rings (SSSR count). The monoisotopic (exact) mass is 415 g/mol. The minimum atomic E-state index is -0.0527. The van der Waals surface area contributed by atoms with Crippen LogP contribution in [0.3, 0.4) is 0 Å². The summed E-state index contributed by atoms with van der Waals surface area (Å²) in [5.41, 5.74) is 4.10. The third-order valence-corrected chi connectivity index (χ3v) is 6.66. The van der Waals surface area contributed by atoms with E-state index in [1.165, 1.54) is 34.2 Å². The number of benzene rings is 1. The fourth-order valence-electron chi connectivity index (χ4n) is 2.81. The first-order valence-corrected chi connectivity index (χ1v) is 11.2. The average molecular weight is 416 g/mol. The van der Waals surface area contributed by atoms with Crippen molar-refractivity contribution in [3.8, 4) is 0 Å². The first-order valence-electron chi connectivity index (χ1n) is 9.35. The molecule has 1 N–H and O–H groups in total. The molecular formula is C21H25N3O2S2. The number of hydrogen-bond acceptors (Lipinski definition) is 5. The summed E-state index contributed by atoms with van der Waals surface area (Å²) in [4.78, 5) is 29.9. The largest absolute Gasteiger partial charge is 0.353 e. The standard InChI is InChI=1S/C21H25N3O2S2/c1-5-15(4)22-18(25)12-28-21-23-17-8-9-27-19(17)20(26)24(21)11-16-7-6-13(2)14(3)10-16/h6-10,15H,5,11-12H2,1-4H3,(H,22,25)/t15-/m1/s1. The Hall–Kier alpha value is -2.12. The summed E-state index contributed by atoms with van der Waals surface area (Å²) >= 11 is 2.72. The van der Waals surface area contributed by atoms with Crippen LogP contribution >= 0.6 is 23.1 Å². The molecule has 1 atom stereocenters. The number of rotatable bonds is 7. The first-order chi connectivity index (χ1) is 13.4. The van der Waals surface area contributed by atoms with Crippen molar-refractivity contribution < 1.29 is 4.79 Å². The second-order valence-corrected chi connectivity index (χ2v) is 8.86. The molecule has 5 nitrogen and oxygen atoms in total. The molecule has 0 radical (unpaired) electrons. The van der Waals surface area contributed by atoms with Crippen LogP contribution in [-0.2, 0) is 11.3 Å². The molecule has 0 saturated heterocycles. The molecule has 7 heteroatoms. The molecule has 3 aromatic rings. The normalized spacial score (nSPS) is 12.3. The smallest absolute Gasteiger partial charge is 0.272 e. The maximum atomic E-state index is 13.1. The Labute approximate surface area is 173 Å². The Morgan fingerprint density at radius 3 is 2.79 bits per heavy atom. The van der Waals surface area contributed by atoms with E-state index < -0.39 is 0 Å². The molecule has 0 aliphatic carbocycles. The lowest BCUT2D eigenvalue weighted by Crippen LogP contribution is -2.33. The van der Waals surface area contributed by atoms with Crippen molar-refractivity contribution in [2.45, 2.75) is 51.9 Å². The van der Waals surface area contributed by atoms with E-state index >= 15 is 0 Å². The Morgan fingerprint density at radius 1 is 1.29 bits per heavy atom. The van der Waals surface area contributed by atoms with Gasteiger partial charge in [-0.15, -0.1) is 11.3 Å². The lowest BCUT2D eigenvalue weighted by Gasteiger charge is -2.14. The van der Waals surface area contributed by atoms with E-state index in [1.807, 2.05) is 31.4 Å². The van der Waals surface area contributed by atoms with E-state index in [1.54, 1.807) is 4.57 Å². The van der Waals surface area contributed by atoms with Crippen LogP contribution in [-0.4, -0.2) is 27.3 Å². The molecule has 28 heavy (non-hydrogen) atoms. The van der Waals surface area contributed by atoms with Crippen LogP contribution < -0.4 is 10.9 Å². The van der Waals surface area contributed by atoms with Crippen LogP contribution in [0.4, 0.5) is 0 Å². The lowest BCUT2D eigenvalue weighted by molar-refractivity contribution is -0.119. The summed E-state index contributed by atoms with van der Waals surface area (Å²) in [6.45, 7) is 8.59. The van der Waals surface area contributed by atoms with Crippen molar-refractivity contribution in [1.29, 1.82) is 0 Å². The number of carbonyl (C=O) groups excluding carboxylic acids is 1. The van der Waals surface area contributed by atoms with Crippen LogP contribution in [0, 0.1) is 13.8 Å². The number of aryl methyl sites for hydroxylation is 2. The van der Waals surface area contributed by atoms with E-state index in [0.717, 1.165) is 12.0 Å². The van der Waals surface area contributed by atoms with Crippen molar-refractivity contribution in [3.05, 3.63) is 56.7 Å². The van der Waals surface area contributed by atoms with Gasteiger partial charge in [0.1, 0.15) is 4.70 Å². The number of hydrogen-bond donors (Lipinski definition) is 1. The van der Waals surface area contributed by atoms with Crippen LogP contribution in [0.2, 0.25) is 0 Å². The zero-order chi connectivity index (χ0) is 20.3. The number of aromatic nitrogens is 2. The van der Waals surface area contributed by atoms with E-state index in [4.69, 9.17) is 0 Å². The summed E-state index contributed by atoms with van der Waals surface area (Å²) in [5.74, 6) is 0.191. The van der Waals surface area contributed by atoms with Gasteiger partial charge in [0.05, 0.1) is 17.8 Å². The number of thiophene rings is 1. The molecular weight excluding hydrogens is 390 g/mol. The Kier molecular flexibility index (Phi) is 6.57. The highest BCUT2D eigenvalue weighted by atomic mass is 32.2. The Balaban J connectivity index is 1.91. The van der Waals surface area contributed by atoms with Crippen molar-refractivity contribution in [3.63, 3.8) is 0 Å². The summed E-state index contributed by atoms with van der Waals surface area (Å²) in [7, 11) is 0. The van der Waals surface area contributed by atoms with Gasteiger partial charge < -0.3 is 5.32 Å². The molecule has 2 aromatic heterocycles. The SMILES string of the molecule is CC[C@@H](C)NC(=O)CSc1nc2ccsc2c(=O)n1Cc1ccc(C)c(C)c1. The number of amides is 1. The molecule has 148 valence electrons. The minimum Gasteiger partial charge on any atom is -0.353 e. The second-order valence-electron chi connectivity index (χ2n) is 7.00. The highest BCUT2D eigenvalue weighted by Crippen LogP contribution is 2.22.